The molecule has 2 atom stereocenters. The van der Waals surface area contributed by atoms with Crippen molar-refractivity contribution in [2.75, 3.05) is 45.3 Å². The molecule has 1 aromatic heterocycles. The van der Waals surface area contributed by atoms with Gasteiger partial charge < -0.3 is 36.0 Å². The van der Waals surface area contributed by atoms with Crippen LogP contribution in [0.1, 0.15) is 5.82 Å². The van der Waals surface area contributed by atoms with Crippen LogP contribution in [0.2, 0.25) is 0 Å². The number of amides is 3. The Morgan fingerprint density at radius 1 is 1.36 bits per heavy atom. The number of alkyl halides is 3. The van der Waals surface area contributed by atoms with Crippen LogP contribution in [0.25, 0.3) is 0 Å². The molecule has 0 saturated carbocycles. The van der Waals surface area contributed by atoms with Crippen molar-refractivity contribution >= 4 is 57.8 Å². The number of nitrogens with one attached hydrogen (secondary N) is 1. The summed E-state index contributed by atoms with van der Waals surface area (Å²) in [7, 11) is 3.50. The van der Waals surface area contributed by atoms with E-state index in [1.807, 2.05) is 0 Å². The van der Waals surface area contributed by atoms with Gasteiger partial charge in [-0.05, 0) is 11.6 Å². The Morgan fingerprint density at radius 2 is 2.05 bits per heavy atom. The molecule has 5 N–H and O–H groups in total. The summed E-state index contributed by atoms with van der Waals surface area (Å²) in [5, 5.41) is 16.5. The van der Waals surface area contributed by atoms with Gasteiger partial charge in [0.05, 0.1) is 32.3 Å². The molecule has 39 heavy (non-hydrogen) atoms. The molecular weight excluding hydrogens is 569 g/mol. The van der Waals surface area contributed by atoms with Crippen LogP contribution >= 0.6 is 23.3 Å². The first-order chi connectivity index (χ1) is 18.1. The first-order valence-corrected chi connectivity index (χ1v) is 12.7. The van der Waals surface area contributed by atoms with Gasteiger partial charge in [0.1, 0.15) is 11.4 Å². The zero-order valence-corrected chi connectivity index (χ0v) is 22.1. The van der Waals surface area contributed by atoms with E-state index in [4.69, 9.17) is 11.5 Å². The normalized spacial score (nSPS) is 20.1. The third-order valence-corrected chi connectivity index (χ3v) is 7.08. The number of primary amides is 1. The number of carbonyl (C=O) groups is 4. The number of β-lactam (4-membered cyclic amide) rings is 1. The van der Waals surface area contributed by atoms with E-state index >= 15 is 0 Å². The number of rotatable bonds is 11. The van der Waals surface area contributed by atoms with E-state index in [1.54, 1.807) is 20.2 Å². The maximum atomic E-state index is 12.9. The second-order valence-electron chi connectivity index (χ2n) is 8.95. The number of likely N-dealkylation sites (N-methyl/N-ethyl adjacent to an activating group) is 1. The van der Waals surface area contributed by atoms with Gasteiger partial charge >= 0.3 is 6.18 Å². The van der Waals surface area contributed by atoms with Gasteiger partial charge in [-0.2, -0.15) is 22.5 Å². The molecule has 212 valence electrons. The Morgan fingerprint density at radius 3 is 2.62 bits per heavy atom. The fourth-order valence-electron chi connectivity index (χ4n) is 3.62. The molecule has 1 aromatic rings. The number of hydrogen-bond acceptors (Lipinski definition) is 12. The van der Waals surface area contributed by atoms with Gasteiger partial charge in [-0.3, -0.25) is 19.3 Å². The van der Waals surface area contributed by atoms with Gasteiger partial charge in [-0.15, -0.1) is 11.8 Å². The number of fused-ring (bicyclic) bond motifs is 1. The third kappa shape index (κ3) is 7.45. The number of carboxylic acids is 1. The van der Waals surface area contributed by atoms with Gasteiger partial charge in [-0.1, -0.05) is 11.2 Å². The standard InChI is InChI=1S/C20H23F3N8O6S2/c1-31(2,6-10(24)32)5-3-4-9-7-38-17-12(16(34)30(17)13(9)18(35)36)26-15(33)11(14-27-19(25)39-29-14)28-37-8-20(21,22)23/h3-4,12,17H,5-8H2,1-2H3,(H5-,24,25,26,27,29,32,33,35,36)/b4-3+,28-11-/t12-,17-/m1/s1. The Kier molecular flexibility index (Phi) is 8.86. The second-order valence-corrected chi connectivity index (χ2v) is 10.8. The zero-order chi connectivity index (χ0) is 29.1. The Hall–Kier alpha value is -3.71. The minimum absolute atomic E-state index is 0.0507. The minimum atomic E-state index is -4.74. The molecule has 3 amide bonds. The maximum absolute atomic E-state index is 12.9. The quantitative estimate of drug-likeness (QED) is 0.111. The van der Waals surface area contributed by atoms with Crippen molar-refractivity contribution in [3.63, 3.8) is 0 Å². The molecule has 0 aromatic carbocycles. The molecule has 0 radical (unpaired) electrons. The third-order valence-electron chi connectivity index (χ3n) is 5.23. The fourth-order valence-corrected chi connectivity index (χ4v) is 5.37. The van der Waals surface area contributed by atoms with E-state index in [-0.39, 0.29) is 33.2 Å². The molecule has 1 fully saturated rings. The molecular formula is C20H23F3N8O6S2. The number of allylic oxidation sites excluding steroid dienone is 1. The van der Waals surface area contributed by atoms with Crippen molar-refractivity contribution < 1.29 is 46.8 Å². The summed E-state index contributed by atoms with van der Waals surface area (Å²) in [6, 6.07) is -1.24. The van der Waals surface area contributed by atoms with Crippen molar-refractivity contribution in [3.05, 3.63) is 29.2 Å². The summed E-state index contributed by atoms with van der Waals surface area (Å²) < 4.78 is 41.3. The number of anilines is 1. The molecule has 1 saturated heterocycles. The number of oxime groups is 1. The summed E-state index contributed by atoms with van der Waals surface area (Å²) in [5.41, 5.74) is 9.84. The Labute approximate surface area is 227 Å². The molecule has 0 bridgehead atoms. The van der Waals surface area contributed by atoms with E-state index in [2.05, 4.69) is 24.7 Å². The van der Waals surface area contributed by atoms with Crippen molar-refractivity contribution in [2.45, 2.75) is 17.6 Å². The highest BCUT2D eigenvalue weighted by Gasteiger charge is 2.53. The Balaban J connectivity index is 1.76. The minimum Gasteiger partial charge on any atom is -0.543 e. The molecule has 0 spiro atoms. The second kappa shape index (κ2) is 11.6. The van der Waals surface area contributed by atoms with Crippen LogP contribution in [0.15, 0.2) is 28.6 Å². The van der Waals surface area contributed by atoms with Crippen molar-refractivity contribution in [2.24, 2.45) is 10.9 Å². The average molecular weight is 593 g/mol. The predicted octanol–water partition coefficient (Wildman–Crippen LogP) is -2.07. The van der Waals surface area contributed by atoms with E-state index in [0.717, 1.165) is 16.7 Å². The number of nitrogens with zero attached hydrogens (tertiary/aromatic N) is 5. The van der Waals surface area contributed by atoms with Crippen LogP contribution in [0.4, 0.5) is 18.3 Å². The van der Waals surface area contributed by atoms with Crippen LogP contribution in [0.3, 0.4) is 0 Å². The predicted molar refractivity (Wildman–Crippen MR) is 130 cm³/mol. The number of carboxylic acid groups (broad SMARTS) is 1. The van der Waals surface area contributed by atoms with Gasteiger partial charge in [0, 0.05) is 17.3 Å². The Bertz CT molecular complexity index is 1260. The summed E-state index contributed by atoms with van der Waals surface area (Å²) in [4.78, 5) is 57.7. The fraction of sp³-hybridized carbons (Fsp3) is 0.450. The highest BCUT2D eigenvalue weighted by molar-refractivity contribution is 8.00. The van der Waals surface area contributed by atoms with E-state index in [9.17, 15) is 37.5 Å². The lowest BCUT2D eigenvalue weighted by Crippen LogP contribution is -2.71. The summed E-state index contributed by atoms with van der Waals surface area (Å²) in [6.45, 7) is -1.41. The smallest absolute Gasteiger partial charge is 0.425 e. The lowest BCUT2D eigenvalue weighted by atomic mass is 10.0. The van der Waals surface area contributed by atoms with Crippen molar-refractivity contribution in [1.29, 1.82) is 0 Å². The van der Waals surface area contributed by atoms with Gasteiger partial charge in [0.25, 0.3) is 17.7 Å². The summed E-state index contributed by atoms with van der Waals surface area (Å²) in [5.74, 6) is -4.34. The molecule has 3 heterocycles. The molecule has 2 aliphatic heterocycles. The van der Waals surface area contributed by atoms with Crippen molar-refractivity contribution in [1.82, 2.24) is 19.6 Å². The lowest BCUT2D eigenvalue weighted by molar-refractivity contribution is -0.876. The average Bonchev–Trinajstić information content (AvgIpc) is 3.23. The molecule has 0 unspecified atom stereocenters. The lowest BCUT2D eigenvalue weighted by Gasteiger charge is -2.50. The van der Waals surface area contributed by atoms with Gasteiger partial charge in [-0.25, -0.2) is 0 Å². The van der Waals surface area contributed by atoms with Crippen LogP contribution < -0.4 is 21.9 Å². The zero-order valence-electron chi connectivity index (χ0n) is 20.4. The molecule has 14 nitrogen and oxygen atoms in total. The number of halogens is 3. The number of nitrogen functional groups attached to an aromatic ring is 1. The SMILES string of the molecule is C[N+](C)(C/C=C/C1=C(C(=O)[O-])N2C(=O)[C@@H](NC(=O)/C(=N\OCC(F)(F)F)c3nsc(N)n3)[C@H]2SC1)CC(N)=O. The molecule has 2 aliphatic rings. The highest BCUT2D eigenvalue weighted by Crippen LogP contribution is 2.40. The summed E-state index contributed by atoms with van der Waals surface area (Å²) in [6.07, 6.45) is -1.59. The first kappa shape index (κ1) is 29.8. The monoisotopic (exact) mass is 592 g/mol. The topological polar surface area (TPSA) is 206 Å². The first-order valence-electron chi connectivity index (χ1n) is 10.9. The number of thioether (sulfide) groups is 1. The number of aliphatic carboxylic acids is 1. The number of nitrogens with two attached hydrogens (primary N) is 2. The molecule has 0 aliphatic carbocycles. The van der Waals surface area contributed by atoms with Gasteiger partial charge in [0.15, 0.2) is 11.7 Å². The van der Waals surface area contributed by atoms with Crippen molar-refractivity contribution in [3.8, 4) is 0 Å². The largest absolute Gasteiger partial charge is 0.543 e. The number of hydrogen-bond donors (Lipinski definition) is 3. The van der Waals surface area contributed by atoms with Crippen LogP contribution in [-0.2, 0) is 24.0 Å². The number of quaternary nitrogens is 1. The van der Waals surface area contributed by atoms with Gasteiger partial charge in [0.2, 0.25) is 18.1 Å². The number of carbonyl (C=O) groups excluding carboxylic acids is 4. The molecule has 19 heteroatoms. The summed E-state index contributed by atoms with van der Waals surface area (Å²) >= 11 is 1.79. The van der Waals surface area contributed by atoms with E-state index in [1.165, 1.54) is 6.08 Å². The van der Waals surface area contributed by atoms with Crippen LogP contribution in [0.5, 0.6) is 0 Å². The highest BCUT2D eigenvalue weighted by atomic mass is 32.2. The van der Waals surface area contributed by atoms with E-state index in [0.29, 0.717) is 18.1 Å². The van der Waals surface area contributed by atoms with Crippen LogP contribution in [0, 0.1) is 0 Å². The molecule has 3 rings (SSSR count). The maximum Gasteiger partial charge on any atom is 0.425 e. The number of aromatic nitrogens is 2. The van der Waals surface area contributed by atoms with Crippen LogP contribution in [-0.4, -0.2) is 105 Å². The van der Waals surface area contributed by atoms with E-state index < -0.39 is 59.4 Å².